The van der Waals surface area contributed by atoms with Crippen molar-refractivity contribution in [2.75, 3.05) is 17.7 Å². The van der Waals surface area contributed by atoms with Crippen molar-refractivity contribution < 1.29 is 4.74 Å². The number of ether oxygens (including phenoxy) is 1. The van der Waals surface area contributed by atoms with Gasteiger partial charge in [0.15, 0.2) is 0 Å². The molecule has 1 aromatic heterocycles. The third-order valence-electron chi connectivity index (χ3n) is 3.15. The van der Waals surface area contributed by atoms with E-state index in [1.54, 1.807) is 6.20 Å². The number of nitrogens with two attached hydrogens (primary N) is 1. The second kappa shape index (κ2) is 4.22. The molecule has 5 heteroatoms. The van der Waals surface area contributed by atoms with E-state index in [0.29, 0.717) is 5.69 Å². The number of anilines is 2. The first kappa shape index (κ1) is 11.7. The highest BCUT2D eigenvalue weighted by Gasteiger charge is 2.37. The van der Waals surface area contributed by atoms with Gasteiger partial charge in [0, 0.05) is 6.61 Å². The summed E-state index contributed by atoms with van der Waals surface area (Å²) in [7, 11) is 0. The Morgan fingerprint density at radius 2 is 2.44 bits per heavy atom. The van der Waals surface area contributed by atoms with Crippen LogP contribution in [0.1, 0.15) is 20.3 Å². The zero-order chi connectivity index (χ0) is 11.8. The molecule has 1 saturated heterocycles. The van der Waals surface area contributed by atoms with Crippen LogP contribution >= 0.6 is 15.9 Å². The lowest BCUT2D eigenvalue weighted by molar-refractivity contribution is 0.105. The van der Waals surface area contributed by atoms with Crippen molar-refractivity contribution in [2.24, 2.45) is 0 Å². The predicted molar refractivity (Wildman–Crippen MR) is 68.4 cm³/mol. The Balaban J connectivity index is 2.20. The first-order valence-corrected chi connectivity index (χ1v) is 6.11. The average Bonchev–Trinajstić information content (AvgIpc) is 2.52. The summed E-state index contributed by atoms with van der Waals surface area (Å²) in [6.45, 7) is 5.01. The average molecular weight is 286 g/mol. The molecule has 3 N–H and O–H groups in total. The van der Waals surface area contributed by atoms with Gasteiger partial charge < -0.3 is 15.8 Å². The zero-order valence-corrected chi connectivity index (χ0v) is 11.0. The van der Waals surface area contributed by atoms with Crippen LogP contribution in [0.2, 0.25) is 0 Å². The van der Waals surface area contributed by atoms with Crippen LogP contribution in [0.5, 0.6) is 0 Å². The number of nitrogens with zero attached hydrogens (tertiary/aromatic N) is 1. The van der Waals surface area contributed by atoms with Crippen molar-refractivity contribution >= 4 is 27.4 Å². The van der Waals surface area contributed by atoms with Crippen LogP contribution in [0.4, 0.5) is 11.5 Å². The van der Waals surface area contributed by atoms with Gasteiger partial charge in [-0.3, -0.25) is 0 Å². The Bertz CT molecular complexity index is 399. The molecule has 2 atom stereocenters. The van der Waals surface area contributed by atoms with Crippen molar-refractivity contribution in [3.63, 3.8) is 0 Å². The lowest BCUT2D eigenvalue weighted by atomic mass is 9.95. The molecule has 1 aliphatic rings. The van der Waals surface area contributed by atoms with Gasteiger partial charge in [-0.05, 0) is 42.3 Å². The molecule has 2 unspecified atom stereocenters. The van der Waals surface area contributed by atoms with Crippen LogP contribution in [0, 0.1) is 0 Å². The molecule has 0 radical (unpaired) electrons. The standard InChI is InChI=1S/C11H16BrN3O/c1-7-11(2,3-4-16-7)15-10-9(12)5-8(13)6-14-10/h5-7H,3-4,13H2,1-2H3,(H,14,15). The Hall–Kier alpha value is -0.810. The third-order valence-corrected chi connectivity index (χ3v) is 3.76. The van der Waals surface area contributed by atoms with Gasteiger partial charge in [-0.1, -0.05) is 0 Å². The molecule has 2 rings (SSSR count). The Kier molecular flexibility index (Phi) is 3.08. The molecule has 0 bridgehead atoms. The maximum Gasteiger partial charge on any atom is 0.140 e. The van der Waals surface area contributed by atoms with E-state index in [0.717, 1.165) is 23.3 Å². The number of aromatic nitrogens is 1. The van der Waals surface area contributed by atoms with Gasteiger partial charge in [-0.15, -0.1) is 0 Å². The summed E-state index contributed by atoms with van der Waals surface area (Å²) in [5, 5.41) is 3.42. The van der Waals surface area contributed by atoms with E-state index in [1.807, 2.05) is 6.07 Å². The largest absolute Gasteiger partial charge is 0.397 e. The molecule has 0 aromatic carbocycles. The van der Waals surface area contributed by atoms with Gasteiger partial charge >= 0.3 is 0 Å². The second-order valence-electron chi connectivity index (χ2n) is 4.40. The fraction of sp³-hybridized carbons (Fsp3) is 0.545. The Labute approximate surface area is 104 Å². The van der Waals surface area contributed by atoms with Crippen molar-refractivity contribution in [3.05, 3.63) is 16.7 Å². The normalized spacial score (nSPS) is 29.3. The number of nitrogen functional groups attached to an aromatic ring is 1. The number of halogens is 1. The number of pyridine rings is 1. The Morgan fingerprint density at radius 1 is 1.69 bits per heavy atom. The van der Waals surface area contributed by atoms with Crippen LogP contribution in [-0.2, 0) is 4.74 Å². The second-order valence-corrected chi connectivity index (χ2v) is 5.26. The topological polar surface area (TPSA) is 60.2 Å². The minimum atomic E-state index is -0.0639. The SMILES string of the molecule is CC1OCCC1(C)Nc1ncc(N)cc1Br. The highest BCUT2D eigenvalue weighted by molar-refractivity contribution is 9.10. The van der Waals surface area contributed by atoms with Crippen molar-refractivity contribution in [1.29, 1.82) is 0 Å². The van der Waals surface area contributed by atoms with Gasteiger partial charge in [0.25, 0.3) is 0 Å². The van der Waals surface area contributed by atoms with Crippen molar-refractivity contribution in [3.8, 4) is 0 Å². The highest BCUT2D eigenvalue weighted by Crippen LogP contribution is 2.32. The lowest BCUT2D eigenvalue weighted by Gasteiger charge is -2.29. The summed E-state index contributed by atoms with van der Waals surface area (Å²) in [6, 6.07) is 1.85. The molecule has 2 heterocycles. The minimum absolute atomic E-state index is 0.0639. The highest BCUT2D eigenvalue weighted by atomic mass is 79.9. The fourth-order valence-corrected chi connectivity index (χ4v) is 2.28. The van der Waals surface area contributed by atoms with Crippen LogP contribution in [-0.4, -0.2) is 23.2 Å². The first-order valence-electron chi connectivity index (χ1n) is 5.32. The van der Waals surface area contributed by atoms with Crippen LogP contribution in [0.25, 0.3) is 0 Å². The van der Waals surface area contributed by atoms with Gasteiger partial charge in [-0.25, -0.2) is 4.98 Å². The van der Waals surface area contributed by atoms with Crippen LogP contribution in [0.3, 0.4) is 0 Å². The smallest absolute Gasteiger partial charge is 0.140 e. The maximum absolute atomic E-state index is 5.65. The first-order chi connectivity index (χ1) is 7.51. The maximum atomic E-state index is 5.65. The zero-order valence-electron chi connectivity index (χ0n) is 9.46. The van der Waals surface area contributed by atoms with E-state index < -0.39 is 0 Å². The van der Waals surface area contributed by atoms with Gasteiger partial charge in [0.1, 0.15) is 5.82 Å². The van der Waals surface area contributed by atoms with E-state index >= 15 is 0 Å². The molecule has 1 fully saturated rings. The van der Waals surface area contributed by atoms with Gasteiger partial charge in [0.05, 0.1) is 28.0 Å². The molecule has 1 aromatic rings. The van der Waals surface area contributed by atoms with Crippen molar-refractivity contribution in [2.45, 2.75) is 31.9 Å². The number of hydrogen-bond donors (Lipinski definition) is 2. The van der Waals surface area contributed by atoms with Crippen LogP contribution in [0.15, 0.2) is 16.7 Å². The van der Waals surface area contributed by atoms with Gasteiger partial charge in [-0.2, -0.15) is 0 Å². The van der Waals surface area contributed by atoms with E-state index in [4.69, 9.17) is 10.5 Å². The molecule has 88 valence electrons. The van der Waals surface area contributed by atoms with Gasteiger partial charge in [0.2, 0.25) is 0 Å². The summed E-state index contributed by atoms with van der Waals surface area (Å²) >= 11 is 3.45. The molecule has 0 amide bonds. The Morgan fingerprint density at radius 3 is 3.00 bits per heavy atom. The van der Waals surface area contributed by atoms with E-state index in [9.17, 15) is 0 Å². The van der Waals surface area contributed by atoms with E-state index in [-0.39, 0.29) is 11.6 Å². The number of hydrogen-bond acceptors (Lipinski definition) is 4. The molecular weight excluding hydrogens is 270 g/mol. The summed E-state index contributed by atoms with van der Waals surface area (Å²) in [4.78, 5) is 4.28. The minimum Gasteiger partial charge on any atom is -0.397 e. The molecule has 0 spiro atoms. The molecule has 1 aliphatic heterocycles. The molecule has 0 saturated carbocycles. The van der Waals surface area contributed by atoms with Crippen molar-refractivity contribution in [1.82, 2.24) is 4.98 Å². The monoisotopic (exact) mass is 285 g/mol. The van der Waals surface area contributed by atoms with Crippen LogP contribution < -0.4 is 11.1 Å². The summed E-state index contributed by atoms with van der Waals surface area (Å²) in [6.07, 6.45) is 2.81. The summed E-state index contributed by atoms with van der Waals surface area (Å²) in [5.74, 6) is 0.814. The number of rotatable bonds is 2. The molecule has 16 heavy (non-hydrogen) atoms. The lowest BCUT2D eigenvalue weighted by Crippen LogP contribution is -2.41. The molecular formula is C11H16BrN3O. The molecule has 0 aliphatic carbocycles. The predicted octanol–water partition coefficient (Wildman–Crippen LogP) is 2.41. The van der Waals surface area contributed by atoms with E-state index in [1.165, 1.54) is 0 Å². The quantitative estimate of drug-likeness (QED) is 0.876. The molecule has 4 nitrogen and oxygen atoms in total. The summed E-state index contributed by atoms with van der Waals surface area (Å²) < 4.78 is 6.46. The van der Waals surface area contributed by atoms with E-state index in [2.05, 4.69) is 40.1 Å². The number of nitrogens with one attached hydrogen (secondary N) is 1. The summed E-state index contributed by atoms with van der Waals surface area (Å²) in [5.41, 5.74) is 6.24. The third kappa shape index (κ3) is 2.15. The fourth-order valence-electron chi connectivity index (χ4n) is 1.81.